The first kappa shape index (κ1) is 14.2. The Labute approximate surface area is 106 Å². The molecule has 1 amide bonds. The maximum absolute atomic E-state index is 11.9. The molecule has 6 nitrogen and oxygen atoms in total. The zero-order valence-corrected chi connectivity index (χ0v) is 11.1. The van der Waals surface area contributed by atoms with Crippen molar-refractivity contribution in [3.63, 3.8) is 0 Å². The van der Waals surface area contributed by atoms with Crippen molar-refractivity contribution in [2.45, 2.75) is 27.2 Å². The molecule has 0 unspecified atom stereocenters. The average molecular weight is 254 g/mol. The monoisotopic (exact) mass is 254 g/mol. The zero-order valence-electron chi connectivity index (χ0n) is 11.1. The van der Waals surface area contributed by atoms with E-state index in [-0.39, 0.29) is 18.9 Å². The summed E-state index contributed by atoms with van der Waals surface area (Å²) in [5.74, 6) is 0.0509. The van der Waals surface area contributed by atoms with Crippen molar-refractivity contribution in [2.24, 2.45) is 0 Å². The molecule has 1 rings (SSSR count). The van der Waals surface area contributed by atoms with E-state index >= 15 is 0 Å². The predicted molar refractivity (Wildman–Crippen MR) is 64.0 cm³/mol. The average Bonchev–Trinajstić information content (AvgIpc) is 2.60. The third kappa shape index (κ3) is 3.58. The van der Waals surface area contributed by atoms with Crippen molar-refractivity contribution in [3.8, 4) is 0 Å². The quantitative estimate of drug-likeness (QED) is 0.728. The van der Waals surface area contributed by atoms with Crippen LogP contribution in [-0.2, 0) is 20.7 Å². The summed E-state index contributed by atoms with van der Waals surface area (Å²) in [6.07, 6.45) is 0.178. The number of carbonyl (C=O) groups is 2. The number of aryl methyl sites for hydroxylation is 2. The van der Waals surface area contributed by atoms with Crippen LogP contribution < -0.4 is 0 Å². The molecule has 0 atom stereocenters. The summed E-state index contributed by atoms with van der Waals surface area (Å²) in [6, 6.07) is 0. The summed E-state index contributed by atoms with van der Waals surface area (Å²) in [5.41, 5.74) is 1.47. The van der Waals surface area contributed by atoms with Crippen LogP contribution in [0.5, 0.6) is 0 Å². The van der Waals surface area contributed by atoms with Crippen LogP contribution in [0.15, 0.2) is 4.52 Å². The molecule has 0 saturated heterocycles. The molecular weight excluding hydrogens is 236 g/mol. The first-order chi connectivity index (χ1) is 8.45. The summed E-state index contributed by atoms with van der Waals surface area (Å²) >= 11 is 0. The van der Waals surface area contributed by atoms with Gasteiger partial charge in [0.05, 0.1) is 18.7 Å². The molecular formula is C12H18N2O4. The van der Waals surface area contributed by atoms with Crippen LogP contribution >= 0.6 is 0 Å². The first-order valence-electron chi connectivity index (χ1n) is 5.77. The second kappa shape index (κ2) is 6.18. The summed E-state index contributed by atoms with van der Waals surface area (Å²) in [5, 5.41) is 3.78. The Morgan fingerprint density at radius 1 is 1.39 bits per heavy atom. The highest BCUT2D eigenvalue weighted by molar-refractivity contribution is 5.83. The minimum absolute atomic E-state index is 0.0456. The van der Waals surface area contributed by atoms with Crippen LogP contribution in [0.2, 0.25) is 0 Å². The van der Waals surface area contributed by atoms with E-state index in [4.69, 9.17) is 9.26 Å². The van der Waals surface area contributed by atoms with Gasteiger partial charge in [-0.05, 0) is 20.8 Å². The molecule has 0 N–H and O–H groups in total. The van der Waals surface area contributed by atoms with Crippen LogP contribution in [0.3, 0.4) is 0 Å². The lowest BCUT2D eigenvalue weighted by molar-refractivity contribution is -0.147. The second-order valence-electron chi connectivity index (χ2n) is 4.03. The van der Waals surface area contributed by atoms with Crippen molar-refractivity contribution >= 4 is 11.9 Å². The molecule has 1 aromatic rings. The third-order valence-electron chi connectivity index (χ3n) is 2.61. The predicted octanol–water partition coefficient (Wildman–Crippen LogP) is 0.855. The maximum atomic E-state index is 11.9. The van der Waals surface area contributed by atoms with E-state index in [9.17, 15) is 9.59 Å². The molecule has 0 aliphatic carbocycles. The number of amides is 1. The molecule has 1 aromatic heterocycles. The third-order valence-corrected chi connectivity index (χ3v) is 2.61. The van der Waals surface area contributed by atoms with Gasteiger partial charge >= 0.3 is 5.97 Å². The van der Waals surface area contributed by atoms with E-state index in [1.54, 1.807) is 27.8 Å². The number of carbonyl (C=O) groups excluding carboxylic acids is 2. The number of esters is 1. The van der Waals surface area contributed by atoms with Crippen molar-refractivity contribution in [1.29, 1.82) is 0 Å². The van der Waals surface area contributed by atoms with Gasteiger partial charge in [0, 0.05) is 12.6 Å². The number of aromatic nitrogens is 1. The topological polar surface area (TPSA) is 72.6 Å². The lowest BCUT2D eigenvalue weighted by Crippen LogP contribution is -2.34. The Bertz CT molecular complexity index is 420. The SMILES string of the molecule is CCOC(=O)CN(C)C(=O)Cc1c(C)noc1C. The van der Waals surface area contributed by atoms with Gasteiger partial charge in [-0.1, -0.05) is 5.16 Å². The summed E-state index contributed by atoms with van der Waals surface area (Å²) in [6.45, 7) is 5.53. The van der Waals surface area contributed by atoms with Gasteiger partial charge in [0.25, 0.3) is 0 Å². The highest BCUT2D eigenvalue weighted by atomic mass is 16.5. The Hall–Kier alpha value is -1.85. The molecule has 0 aliphatic rings. The standard InChI is InChI=1S/C12H18N2O4/c1-5-17-12(16)7-14(4)11(15)6-10-8(2)13-18-9(10)3/h5-7H2,1-4H3. The molecule has 18 heavy (non-hydrogen) atoms. The second-order valence-corrected chi connectivity index (χ2v) is 4.03. The molecule has 0 fully saturated rings. The van der Waals surface area contributed by atoms with Gasteiger partial charge in [0.15, 0.2) is 0 Å². The molecule has 0 saturated carbocycles. The summed E-state index contributed by atoms with van der Waals surface area (Å²) in [4.78, 5) is 24.5. The lowest BCUT2D eigenvalue weighted by Gasteiger charge is -2.15. The van der Waals surface area contributed by atoms with E-state index in [2.05, 4.69) is 5.16 Å². The first-order valence-corrected chi connectivity index (χ1v) is 5.77. The molecule has 0 aliphatic heterocycles. The minimum atomic E-state index is -0.410. The van der Waals surface area contributed by atoms with E-state index < -0.39 is 5.97 Å². The highest BCUT2D eigenvalue weighted by Crippen LogP contribution is 2.13. The highest BCUT2D eigenvalue weighted by Gasteiger charge is 2.18. The number of hydrogen-bond donors (Lipinski definition) is 0. The van der Waals surface area contributed by atoms with Crippen molar-refractivity contribution in [3.05, 3.63) is 17.0 Å². The Morgan fingerprint density at radius 3 is 2.56 bits per heavy atom. The van der Waals surface area contributed by atoms with Crippen molar-refractivity contribution in [2.75, 3.05) is 20.2 Å². The van der Waals surface area contributed by atoms with Crippen LogP contribution in [0, 0.1) is 13.8 Å². The van der Waals surface area contributed by atoms with E-state index in [1.165, 1.54) is 4.90 Å². The molecule has 100 valence electrons. The molecule has 0 spiro atoms. The number of ether oxygens (including phenoxy) is 1. The van der Waals surface area contributed by atoms with Crippen molar-refractivity contribution < 1.29 is 18.8 Å². The molecule has 0 aromatic carbocycles. The van der Waals surface area contributed by atoms with Gasteiger partial charge in [0.1, 0.15) is 12.3 Å². The molecule has 6 heteroatoms. The molecule has 0 bridgehead atoms. The fraction of sp³-hybridized carbons (Fsp3) is 0.583. The maximum Gasteiger partial charge on any atom is 0.325 e. The smallest absolute Gasteiger partial charge is 0.325 e. The summed E-state index contributed by atoms with van der Waals surface area (Å²) < 4.78 is 9.76. The van der Waals surface area contributed by atoms with Gasteiger partial charge in [-0.3, -0.25) is 9.59 Å². The Kier molecular flexibility index (Phi) is 4.88. The van der Waals surface area contributed by atoms with Crippen LogP contribution in [-0.4, -0.2) is 42.1 Å². The summed E-state index contributed by atoms with van der Waals surface area (Å²) in [7, 11) is 1.57. The van der Waals surface area contributed by atoms with Crippen LogP contribution in [0.1, 0.15) is 23.9 Å². The number of nitrogens with zero attached hydrogens (tertiary/aromatic N) is 2. The van der Waals surface area contributed by atoms with E-state index in [1.807, 2.05) is 0 Å². The molecule has 0 radical (unpaired) electrons. The van der Waals surface area contributed by atoms with Crippen LogP contribution in [0.4, 0.5) is 0 Å². The zero-order chi connectivity index (χ0) is 13.7. The van der Waals surface area contributed by atoms with Gasteiger partial charge < -0.3 is 14.2 Å². The van der Waals surface area contributed by atoms with E-state index in [0.717, 1.165) is 5.56 Å². The van der Waals surface area contributed by atoms with E-state index in [0.29, 0.717) is 18.1 Å². The van der Waals surface area contributed by atoms with Gasteiger partial charge in [0.2, 0.25) is 5.91 Å². The fourth-order valence-electron chi connectivity index (χ4n) is 1.53. The van der Waals surface area contributed by atoms with Crippen molar-refractivity contribution in [1.82, 2.24) is 10.1 Å². The molecule has 1 heterocycles. The number of hydrogen-bond acceptors (Lipinski definition) is 5. The fourth-order valence-corrected chi connectivity index (χ4v) is 1.53. The Balaban J connectivity index is 2.58. The normalized spacial score (nSPS) is 10.2. The van der Waals surface area contributed by atoms with Gasteiger partial charge in [-0.15, -0.1) is 0 Å². The van der Waals surface area contributed by atoms with Gasteiger partial charge in [-0.25, -0.2) is 0 Å². The largest absolute Gasteiger partial charge is 0.465 e. The lowest BCUT2D eigenvalue weighted by atomic mass is 10.1. The van der Waals surface area contributed by atoms with Gasteiger partial charge in [-0.2, -0.15) is 0 Å². The van der Waals surface area contributed by atoms with Crippen LogP contribution in [0.25, 0.3) is 0 Å². The minimum Gasteiger partial charge on any atom is -0.465 e. The number of rotatable bonds is 5. The number of likely N-dealkylation sites (N-methyl/N-ethyl adjacent to an activating group) is 1. The Morgan fingerprint density at radius 2 is 2.06 bits per heavy atom.